The number of hydrogen-bond donors (Lipinski definition) is 1. The maximum absolute atomic E-state index is 12.8. The van der Waals surface area contributed by atoms with E-state index < -0.39 is 0 Å². The van der Waals surface area contributed by atoms with Crippen LogP contribution in [0.25, 0.3) is 10.9 Å². The molecular weight excluding hydrogens is 440 g/mol. The molecule has 0 fully saturated rings. The largest absolute Gasteiger partial charge is 0.493 e. The first kappa shape index (κ1) is 21.6. The van der Waals surface area contributed by atoms with Gasteiger partial charge >= 0.3 is 5.97 Å². The first-order chi connectivity index (χ1) is 14.9. The van der Waals surface area contributed by atoms with Gasteiger partial charge in [0.1, 0.15) is 10.8 Å². The Morgan fingerprint density at radius 3 is 2.71 bits per heavy atom. The van der Waals surface area contributed by atoms with Gasteiger partial charge in [0.05, 0.1) is 31.9 Å². The van der Waals surface area contributed by atoms with Crippen molar-refractivity contribution in [2.45, 2.75) is 19.9 Å². The van der Waals surface area contributed by atoms with E-state index in [0.717, 1.165) is 30.0 Å². The molecule has 8 nitrogen and oxygen atoms in total. The number of halogens is 1. The molecule has 0 unspecified atom stereocenters. The molecule has 0 bridgehead atoms. The molecule has 0 amide bonds. The number of rotatable bonds is 6. The number of thiophene rings is 1. The van der Waals surface area contributed by atoms with Crippen LogP contribution in [0, 0.1) is 0 Å². The highest BCUT2D eigenvalue weighted by Crippen LogP contribution is 2.41. The van der Waals surface area contributed by atoms with Crippen LogP contribution in [0.1, 0.15) is 27.7 Å². The van der Waals surface area contributed by atoms with Gasteiger partial charge in [-0.25, -0.2) is 9.78 Å². The van der Waals surface area contributed by atoms with Crippen LogP contribution >= 0.6 is 22.9 Å². The first-order valence-electron chi connectivity index (χ1n) is 9.81. The van der Waals surface area contributed by atoms with Gasteiger partial charge in [0.2, 0.25) is 5.28 Å². The van der Waals surface area contributed by atoms with Crippen LogP contribution in [0.3, 0.4) is 0 Å². The minimum absolute atomic E-state index is 0.0842. The van der Waals surface area contributed by atoms with Crippen LogP contribution in [0.4, 0.5) is 10.8 Å². The highest BCUT2D eigenvalue weighted by Gasteiger charge is 2.28. The van der Waals surface area contributed by atoms with Crippen LogP contribution in [-0.2, 0) is 17.7 Å². The zero-order chi connectivity index (χ0) is 22.1. The number of carbonyl (C=O) groups is 1. The summed E-state index contributed by atoms with van der Waals surface area (Å²) in [7, 11) is 5.19. The zero-order valence-corrected chi connectivity index (χ0v) is 19.3. The minimum Gasteiger partial charge on any atom is -0.493 e. The van der Waals surface area contributed by atoms with Gasteiger partial charge in [0.15, 0.2) is 11.5 Å². The van der Waals surface area contributed by atoms with Gasteiger partial charge in [-0.2, -0.15) is 4.98 Å². The van der Waals surface area contributed by atoms with Gasteiger partial charge in [-0.15, -0.1) is 11.3 Å². The van der Waals surface area contributed by atoms with Crippen molar-refractivity contribution in [3.63, 3.8) is 0 Å². The Balaban J connectivity index is 1.84. The van der Waals surface area contributed by atoms with Gasteiger partial charge in [0.25, 0.3) is 0 Å². The average molecular weight is 463 g/mol. The van der Waals surface area contributed by atoms with Crippen molar-refractivity contribution < 1.29 is 19.0 Å². The maximum atomic E-state index is 12.8. The number of anilines is 2. The number of nitrogens with zero attached hydrogens (tertiary/aromatic N) is 3. The smallest absolute Gasteiger partial charge is 0.341 e. The molecule has 1 aromatic carbocycles. The molecule has 0 radical (unpaired) electrons. The van der Waals surface area contributed by atoms with E-state index in [0.29, 0.717) is 45.4 Å². The Morgan fingerprint density at radius 2 is 2.00 bits per heavy atom. The number of carbonyl (C=O) groups excluding carboxylic acids is 1. The molecule has 164 valence electrons. The van der Waals surface area contributed by atoms with E-state index in [-0.39, 0.29) is 11.3 Å². The molecule has 3 aromatic rings. The topological polar surface area (TPSA) is 85.8 Å². The third kappa shape index (κ3) is 4.13. The number of methoxy groups -OCH3 is 2. The van der Waals surface area contributed by atoms with E-state index in [1.165, 1.54) is 11.3 Å². The SMILES string of the molecule is CCOC(=O)c1c(Nc2nc(Cl)nc3cc(OC)c(OC)cc23)sc2c1CCN(C)C2. The number of benzene rings is 1. The van der Waals surface area contributed by atoms with E-state index in [1.54, 1.807) is 33.3 Å². The molecule has 0 spiro atoms. The van der Waals surface area contributed by atoms with Gasteiger partial charge < -0.3 is 24.4 Å². The summed E-state index contributed by atoms with van der Waals surface area (Å²) in [6, 6.07) is 3.53. The van der Waals surface area contributed by atoms with E-state index in [2.05, 4.69) is 27.2 Å². The van der Waals surface area contributed by atoms with Crippen molar-refractivity contribution >= 4 is 50.6 Å². The molecular formula is C21H23ClN4O4S. The second-order valence-electron chi connectivity index (χ2n) is 7.11. The number of likely N-dealkylation sites (N-methyl/N-ethyl adjacent to an activating group) is 1. The molecule has 3 heterocycles. The fourth-order valence-electron chi connectivity index (χ4n) is 3.67. The zero-order valence-electron chi connectivity index (χ0n) is 17.7. The van der Waals surface area contributed by atoms with E-state index in [4.69, 9.17) is 25.8 Å². The lowest BCUT2D eigenvalue weighted by molar-refractivity contribution is 0.0526. The standard InChI is InChI=1S/C21H23ClN4O4S/c1-5-30-20(27)17-11-6-7-26(2)10-16(11)31-19(17)24-18-12-8-14(28-3)15(29-4)9-13(12)23-21(22)25-18/h8-9H,5-7,10H2,1-4H3,(H,23,24,25). The van der Waals surface area contributed by atoms with Crippen molar-refractivity contribution in [1.82, 2.24) is 14.9 Å². The van der Waals surface area contributed by atoms with Gasteiger partial charge in [-0.3, -0.25) is 0 Å². The predicted octanol–water partition coefficient (Wildman–Crippen LogP) is 4.27. The monoisotopic (exact) mass is 462 g/mol. The van der Waals surface area contributed by atoms with E-state index in [1.807, 2.05) is 0 Å². The maximum Gasteiger partial charge on any atom is 0.341 e. The fraction of sp³-hybridized carbons (Fsp3) is 0.381. The van der Waals surface area contributed by atoms with Crippen molar-refractivity contribution in [3.8, 4) is 11.5 Å². The summed E-state index contributed by atoms with van der Waals surface area (Å²) in [6.45, 7) is 3.77. The first-order valence-corrected chi connectivity index (χ1v) is 11.0. The van der Waals surface area contributed by atoms with Crippen LogP contribution < -0.4 is 14.8 Å². The molecule has 0 aliphatic carbocycles. The summed E-state index contributed by atoms with van der Waals surface area (Å²) in [5.41, 5.74) is 2.20. The summed E-state index contributed by atoms with van der Waals surface area (Å²) in [5.74, 6) is 1.23. The van der Waals surface area contributed by atoms with Crippen LogP contribution in [0.15, 0.2) is 12.1 Å². The predicted molar refractivity (Wildman–Crippen MR) is 121 cm³/mol. The van der Waals surface area contributed by atoms with E-state index >= 15 is 0 Å². The van der Waals surface area contributed by atoms with Crippen LogP contribution in [-0.4, -0.2) is 55.3 Å². The van der Waals surface area contributed by atoms with Crippen LogP contribution in [0.2, 0.25) is 5.28 Å². The number of nitrogens with one attached hydrogen (secondary N) is 1. The third-order valence-corrected chi connectivity index (χ3v) is 6.43. The highest BCUT2D eigenvalue weighted by atomic mass is 35.5. The quantitative estimate of drug-likeness (QED) is 0.429. The number of hydrogen-bond acceptors (Lipinski definition) is 9. The lowest BCUT2D eigenvalue weighted by atomic mass is 10.0. The summed E-state index contributed by atoms with van der Waals surface area (Å²) < 4.78 is 16.2. The van der Waals surface area contributed by atoms with Crippen molar-refractivity contribution in [1.29, 1.82) is 0 Å². The summed E-state index contributed by atoms with van der Waals surface area (Å²) in [5, 5.41) is 4.79. The van der Waals surface area contributed by atoms with Crippen molar-refractivity contribution in [2.75, 3.05) is 39.7 Å². The fourth-order valence-corrected chi connectivity index (χ4v) is 5.16. The molecule has 2 aromatic heterocycles. The molecule has 0 saturated heterocycles. The number of fused-ring (bicyclic) bond motifs is 2. The van der Waals surface area contributed by atoms with Gasteiger partial charge in [0, 0.05) is 29.4 Å². The van der Waals surface area contributed by atoms with Gasteiger partial charge in [-0.1, -0.05) is 0 Å². The average Bonchev–Trinajstić information content (AvgIpc) is 3.09. The molecule has 31 heavy (non-hydrogen) atoms. The van der Waals surface area contributed by atoms with Crippen LogP contribution in [0.5, 0.6) is 11.5 Å². The Labute approximate surface area is 189 Å². The second kappa shape index (κ2) is 8.86. The Bertz CT molecular complexity index is 1150. The highest BCUT2D eigenvalue weighted by molar-refractivity contribution is 7.16. The van der Waals surface area contributed by atoms with Crippen molar-refractivity contribution in [3.05, 3.63) is 33.4 Å². The van der Waals surface area contributed by atoms with Crippen molar-refractivity contribution in [2.24, 2.45) is 0 Å². The number of aromatic nitrogens is 2. The van der Waals surface area contributed by atoms with Gasteiger partial charge in [-0.05, 0) is 43.6 Å². The molecule has 0 atom stereocenters. The normalized spacial score (nSPS) is 13.7. The summed E-state index contributed by atoms with van der Waals surface area (Å²) in [6.07, 6.45) is 0.786. The molecule has 4 rings (SSSR count). The number of ether oxygens (including phenoxy) is 3. The lowest BCUT2D eigenvalue weighted by Crippen LogP contribution is -2.26. The second-order valence-corrected chi connectivity index (χ2v) is 8.55. The Hall–Kier alpha value is -2.62. The Morgan fingerprint density at radius 1 is 1.26 bits per heavy atom. The lowest BCUT2D eigenvalue weighted by Gasteiger charge is -2.22. The summed E-state index contributed by atoms with van der Waals surface area (Å²) in [4.78, 5) is 24.9. The van der Waals surface area contributed by atoms with E-state index in [9.17, 15) is 4.79 Å². The summed E-state index contributed by atoms with van der Waals surface area (Å²) >= 11 is 7.74. The Kier molecular flexibility index (Phi) is 6.17. The molecule has 0 saturated carbocycles. The molecule has 10 heteroatoms. The third-order valence-electron chi connectivity index (χ3n) is 5.13. The number of esters is 1. The molecule has 1 aliphatic heterocycles. The molecule has 1 aliphatic rings. The minimum atomic E-state index is -0.337. The molecule has 1 N–H and O–H groups in total.